The molecule has 0 fully saturated rings. The molecule has 7 heteroatoms. The summed E-state index contributed by atoms with van der Waals surface area (Å²) in [6, 6.07) is 5.64. The Balaban J connectivity index is 2.09. The first-order valence-corrected chi connectivity index (χ1v) is 6.06. The summed E-state index contributed by atoms with van der Waals surface area (Å²) in [5.41, 5.74) is 3.42. The van der Waals surface area contributed by atoms with Gasteiger partial charge in [0, 0.05) is 11.1 Å². The highest BCUT2D eigenvalue weighted by Gasteiger charge is 2.10. The number of amides is 1. The van der Waals surface area contributed by atoms with Gasteiger partial charge in [-0.05, 0) is 19.1 Å². The molecule has 2 N–H and O–H groups in total. The maximum atomic E-state index is 11.4. The van der Waals surface area contributed by atoms with Gasteiger partial charge in [0.2, 0.25) is 0 Å². The molecule has 0 spiro atoms. The van der Waals surface area contributed by atoms with Crippen molar-refractivity contribution < 1.29 is 9.63 Å². The van der Waals surface area contributed by atoms with Crippen LogP contribution in [-0.4, -0.2) is 23.0 Å². The number of carbonyl (C=O) groups excluding carboxylic acids is 1. The number of hydrogen-bond donors (Lipinski definition) is 2. The van der Waals surface area contributed by atoms with Gasteiger partial charge in [-0.2, -0.15) is 0 Å². The van der Waals surface area contributed by atoms with Gasteiger partial charge in [-0.1, -0.05) is 6.07 Å². The smallest absolute Gasteiger partial charge is 0.294 e. The summed E-state index contributed by atoms with van der Waals surface area (Å²) in [5, 5.41) is 5.29. The first-order chi connectivity index (χ1) is 8.69. The van der Waals surface area contributed by atoms with Gasteiger partial charge in [0.15, 0.2) is 5.13 Å². The summed E-state index contributed by atoms with van der Waals surface area (Å²) in [6.07, 6.45) is 0. The molecular weight excluding hydrogens is 252 g/mol. The van der Waals surface area contributed by atoms with E-state index < -0.39 is 0 Å². The van der Waals surface area contributed by atoms with Crippen LogP contribution < -0.4 is 10.8 Å². The molecule has 0 unspecified atom stereocenters. The van der Waals surface area contributed by atoms with E-state index in [9.17, 15) is 4.79 Å². The van der Waals surface area contributed by atoms with Crippen LogP contribution in [0.2, 0.25) is 0 Å². The minimum Gasteiger partial charge on any atom is -0.316 e. The third-order valence-electron chi connectivity index (χ3n) is 2.05. The number of nitrogens with one attached hydrogen (secondary N) is 2. The van der Waals surface area contributed by atoms with Crippen LogP contribution >= 0.6 is 11.3 Å². The molecular formula is C11H12N4O2S. The van der Waals surface area contributed by atoms with Crippen molar-refractivity contribution in [2.75, 3.05) is 12.4 Å². The molecule has 0 aliphatic heterocycles. The van der Waals surface area contributed by atoms with Crippen LogP contribution in [0.15, 0.2) is 23.6 Å². The van der Waals surface area contributed by atoms with Gasteiger partial charge in [0.05, 0.1) is 7.11 Å². The number of hydrogen-bond acceptors (Lipinski definition) is 6. The monoisotopic (exact) mass is 264 g/mol. The van der Waals surface area contributed by atoms with Gasteiger partial charge in [-0.15, -0.1) is 11.3 Å². The maximum absolute atomic E-state index is 11.4. The molecule has 0 atom stereocenters. The lowest BCUT2D eigenvalue weighted by molar-refractivity contribution is 0.0533. The Morgan fingerprint density at radius 2 is 2.22 bits per heavy atom. The Hall–Kier alpha value is -1.99. The van der Waals surface area contributed by atoms with Crippen molar-refractivity contribution in [1.82, 2.24) is 15.4 Å². The van der Waals surface area contributed by atoms with Crippen molar-refractivity contribution >= 4 is 28.2 Å². The number of rotatable bonds is 4. The van der Waals surface area contributed by atoms with Crippen molar-refractivity contribution in [3.8, 4) is 0 Å². The third-order valence-corrected chi connectivity index (χ3v) is 2.81. The quantitative estimate of drug-likeness (QED) is 0.825. The second-order valence-corrected chi connectivity index (χ2v) is 4.32. The van der Waals surface area contributed by atoms with Crippen LogP contribution in [0.5, 0.6) is 0 Å². The van der Waals surface area contributed by atoms with E-state index in [4.69, 9.17) is 0 Å². The topological polar surface area (TPSA) is 76.1 Å². The van der Waals surface area contributed by atoms with E-state index >= 15 is 0 Å². The predicted molar refractivity (Wildman–Crippen MR) is 68.8 cm³/mol. The summed E-state index contributed by atoms with van der Waals surface area (Å²) in [7, 11) is 1.38. The fourth-order valence-corrected chi connectivity index (χ4v) is 2.00. The highest BCUT2D eigenvalue weighted by molar-refractivity contribution is 7.14. The van der Waals surface area contributed by atoms with Gasteiger partial charge in [0.25, 0.3) is 5.91 Å². The van der Waals surface area contributed by atoms with Crippen molar-refractivity contribution in [2.45, 2.75) is 6.92 Å². The average Bonchev–Trinajstić information content (AvgIpc) is 2.78. The standard InChI is InChI=1S/C11H12N4O2S/c1-7-4-3-5-9(12-7)14-11-13-8(6-18-11)10(16)15-17-2/h3-6H,1-2H3,(H,15,16)(H,12,13,14). The van der Waals surface area contributed by atoms with E-state index in [-0.39, 0.29) is 5.91 Å². The minimum absolute atomic E-state index is 0.303. The molecule has 6 nitrogen and oxygen atoms in total. The molecule has 94 valence electrons. The van der Waals surface area contributed by atoms with E-state index in [2.05, 4.69) is 25.6 Å². The number of nitrogens with zero attached hydrogens (tertiary/aromatic N) is 2. The average molecular weight is 264 g/mol. The van der Waals surface area contributed by atoms with Gasteiger partial charge in [-0.25, -0.2) is 15.4 Å². The van der Waals surface area contributed by atoms with E-state index in [1.807, 2.05) is 25.1 Å². The summed E-state index contributed by atoms with van der Waals surface area (Å²) in [5.74, 6) is 0.321. The minimum atomic E-state index is -0.376. The number of aromatic nitrogens is 2. The second-order valence-electron chi connectivity index (χ2n) is 3.46. The van der Waals surface area contributed by atoms with Gasteiger partial charge >= 0.3 is 0 Å². The van der Waals surface area contributed by atoms with Crippen LogP contribution in [0, 0.1) is 6.92 Å². The fourth-order valence-electron chi connectivity index (χ4n) is 1.30. The molecule has 0 radical (unpaired) electrons. The summed E-state index contributed by atoms with van der Waals surface area (Å²) < 4.78 is 0. The molecule has 2 heterocycles. The Morgan fingerprint density at radius 3 is 2.94 bits per heavy atom. The zero-order valence-corrected chi connectivity index (χ0v) is 10.7. The van der Waals surface area contributed by atoms with Crippen LogP contribution in [0.4, 0.5) is 10.9 Å². The van der Waals surface area contributed by atoms with E-state index in [0.29, 0.717) is 16.6 Å². The first kappa shape index (κ1) is 12.5. The van der Waals surface area contributed by atoms with Gasteiger partial charge in [-0.3, -0.25) is 9.63 Å². The normalized spacial score (nSPS) is 10.1. The van der Waals surface area contributed by atoms with Crippen molar-refractivity contribution in [3.05, 3.63) is 35.0 Å². The molecule has 2 aromatic rings. The predicted octanol–water partition coefficient (Wildman–Crippen LogP) is 1.88. The lowest BCUT2D eigenvalue weighted by atomic mass is 10.4. The zero-order chi connectivity index (χ0) is 13.0. The lowest BCUT2D eigenvalue weighted by Gasteiger charge is -2.01. The molecule has 0 saturated carbocycles. The largest absolute Gasteiger partial charge is 0.316 e. The third kappa shape index (κ3) is 3.02. The fraction of sp³-hybridized carbons (Fsp3) is 0.182. The Kier molecular flexibility index (Phi) is 3.85. The van der Waals surface area contributed by atoms with Crippen LogP contribution in [0.1, 0.15) is 16.2 Å². The molecule has 0 saturated heterocycles. The Bertz CT molecular complexity index is 555. The number of carbonyl (C=O) groups is 1. The van der Waals surface area contributed by atoms with Gasteiger partial charge in [0.1, 0.15) is 11.5 Å². The highest BCUT2D eigenvalue weighted by atomic mass is 32.1. The van der Waals surface area contributed by atoms with Crippen LogP contribution in [-0.2, 0) is 4.84 Å². The molecule has 2 aromatic heterocycles. The number of pyridine rings is 1. The zero-order valence-electron chi connectivity index (χ0n) is 9.93. The van der Waals surface area contributed by atoms with Crippen molar-refractivity contribution in [1.29, 1.82) is 0 Å². The lowest BCUT2D eigenvalue weighted by Crippen LogP contribution is -2.22. The maximum Gasteiger partial charge on any atom is 0.294 e. The molecule has 1 amide bonds. The Labute approximate surface area is 108 Å². The SMILES string of the molecule is CONC(=O)c1csc(Nc2cccc(C)n2)n1. The molecule has 18 heavy (non-hydrogen) atoms. The molecule has 0 aromatic carbocycles. The Morgan fingerprint density at radius 1 is 1.39 bits per heavy atom. The van der Waals surface area contributed by atoms with E-state index in [1.54, 1.807) is 5.38 Å². The molecule has 2 rings (SSSR count). The number of thiazole rings is 1. The van der Waals surface area contributed by atoms with E-state index in [0.717, 1.165) is 5.69 Å². The summed E-state index contributed by atoms with van der Waals surface area (Å²) in [4.78, 5) is 24.4. The highest BCUT2D eigenvalue weighted by Crippen LogP contribution is 2.19. The van der Waals surface area contributed by atoms with Crippen molar-refractivity contribution in [2.24, 2.45) is 0 Å². The number of anilines is 2. The van der Waals surface area contributed by atoms with E-state index in [1.165, 1.54) is 18.4 Å². The molecule has 0 aliphatic rings. The second kappa shape index (κ2) is 5.56. The van der Waals surface area contributed by atoms with Crippen LogP contribution in [0.25, 0.3) is 0 Å². The number of aryl methyl sites for hydroxylation is 1. The first-order valence-electron chi connectivity index (χ1n) is 5.18. The summed E-state index contributed by atoms with van der Waals surface area (Å²) >= 11 is 1.33. The molecule has 0 bridgehead atoms. The number of hydroxylamine groups is 1. The summed E-state index contributed by atoms with van der Waals surface area (Å²) in [6.45, 7) is 1.91. The van der Waals surface area contributed by atoms with Crippen LogP contribution in [0.3, 0.4) is 0 Å². The molecule has 0 aliphatic carbocycles. The van der Waals surface area contributed by atoms with Gasteiger partial charge < -0.3 is 5.32 Å². The van der Waals surface area contributed by atoms with Crippen molar-refractivity contribution in [3.63, 3.8) is 0 Å².